The number of benzene rings is 1. The molecule has 1 fully saturated rings. The summed E-state index contributed by atoms with van der Waals surface area (Å²) in [5, 5.41) is 11.6. The monoisotopic (exact) mass is 338 g/mol. The van der Waals surface area contributed by atoms with Crippen LogP contribution < -0.4 is 4.74 Å². The molecule has 0 atom stereocenters. The SMILES string of the molecule is COc1nc(-c2ccccc2)c([N+](=O)[O-])cc1/C=C/C1CCCCC1. The second-order valence-corrected chi connectivity index (χ2v) is 6.33. The normalized spacial score (nSPS) is 15.4. The van der Waals surface area contributed by atoms with Gasteiger partial charge in [0.15, 0.2) is 5.69 Å². The van der Waals surface area contributed by atoms with E-state index >= 15 is 0 Å². The van der Waals surface area contributed by atoms with Crippen molar-refractivity contribution >= 4 is 11.8 Å². The lowest BCUT2D eigenvalue weighted by Crippen LogP contribution is -2.03. The van der Waals surface area contributed by atoms with Gasteiger partial charge >= 0.3 is 0 Å². The molecule has 0 aliphatic heterocycles. The van der Waals surface area contributed by atoms with Crippen molar-refractivity contribution in [2.24, 2.45) is 5.92 Å². The van der Waals surface area contributed by atoms with Crippen molar-refractivity contribution in [1.82, 2.24) is 4.98 Å². The standard InChI is InChI=1S/C20H22N2O3/c1-25-20-17(13-12-15-8-4-2-5-9-15)14-18(22(23)24)19(21-20)16-10-6-3-7-11-16/h3,6-7,10-15H,2,4-5,8-9H2,1H3/b13-12+. The second kappa shape index (κ2) is 7.92. The molecule has 0 N–H and O–H groups in total. The van der Waals surface area contributed by atoms with Gasteiger partial charge in [-0.3, -0.25) is 10.1 Å². The molecule has 1 aliphatic carbocycles. The van der Waals surface area contributed by atoms with Crippen LogP contribution in [0, 0.1) is 16.0 Å². The van der Waals surface area contributed by atoms with Crippen LogP contribution in [0.25, 0.3) is 17.3 Å². The van der Waals surface area contributed by atoms with Crippen molar-refractivity contribution < 1.29 is 9.66 Å². The molecule has 1 aliphatic rings. The highest BCUT2D eigenvalue weighted by molar-refractivity contribution is 5.73. The van der Waals surface area contributed by atoms with Crippen molar-refractivity contribution in [3.05, 3.63) is 58.2 Å². The lowest BCUT2D eigenvalue weighted by molar-refractivity contribution is -0.384. The maximum atomic E-state index is 11.6. The summed E-state index contributed by atoms with van der Waals surface area (Å²) in [6.45, 7) is 0. The van der Waals surface area contributed by atoms with E-state index in [1.165, 1.54) is 32.1 Å². The third-order valence-corrected chi connectivity index (χ3v) is 4.63. The zero-order valence-electron chi connectivity index (χ0n) is 14.4. The van der Waals surface area contributed by atoms with Crippen LogP contribution in [0.15, 0.2) is 42.5 Å². The van der Waals surface area contributed by atoms with E-state index in [0.717, 1.165) is 0 Å². The Morgan fingerprint density at radius 3 is 2.56 bits per heavy atom. The fourth-order valence-electron chi connectivity index (χ4n) is 3.30. The Morgan fingerprint density at radius 2 is 1.92 bits per heavy atom. The molecule has 1 aromatic carbocycles. The van der Waals surface area contributed by atoms with Gasteiger partial charge < -0.3 is 4.74 Å². The summed E-state index contributed by atoms with van der Waals surface area (Å²) in [4.78, 5) is 15.6. The average Bonchev–Trinajstić information content (AvgIpc) is 2.67. The van der Waals surface area contributed by atoms with Crippen LogP contribution in [-0.4, -0.2) is 17.0 Å². The molecule has 0 spiro atoms. The Morgan fingerprint density at radius 1 is 1.20 bits per heavy atom. The Hall–Kier alpha value is -2.69. The molecule has 5 nitrogen and oxygen atoms in total. The van der Waals surface area contributed by atoms with Crippen molar-refractivity contribution in [3.63, 3.8) is 0 Å². The van der Waals surface area contributed by atoms with Gasteiger partial charge in [-0.25, -0.2) is 4.98 Å². The summed E-state index contributed by atoms with van der Waals surface area (Å²) in [7, 11) is 1.54. The van der Waals surface area contributed by atoms with E-state index in [9.17, 15) is 10.1 Å². The summed E-state index contributed by atoms with van der Waals surface area (Å²) in [6.07, 6.45) is 10.2. The summed E-state index contributed by atoms with van der Waals surface area (Å²) in [5.74, 6) is 0.947. The fourth-order valence-corrected chi connectivity index (χ4v) is 3.30. The minimum Gasteiger partial charge on any atom is -0.481 e. The van der Waals surface area contributed by atoms with Crippen molar-refractivity contribution in [2.45, 2.75) is 32.1 Å². The molecule has 0 unspecified atom stereocenters. The van der Waals surface area contributed by atoms with Gasteiger partial charge in [0.1, 0.15) is 0 Å². The van der Waals surface area contributed by atoms with Crippen LogP contribution in [0.1, 0.15) is 37.7 Å². The van der Waals surface area contributed by atoms with Crippen LogP contribution >= 0.6 is 0 Å². The minimum absolute atomic E-state index is 0.00436. The highest BCUT2D eigenvalue weighted by Gasteiger charge is 2.21. The largest absolute Gasteiger partial charge is 0.481 e. The highest BCUT2D eigenvalue weighted by Crippen LogP contribution is 2.34. The van der Waals surface area contributed by atoms with Gasteiger partial charge in [-0.15, -0.1) is 0 Å². The van der Waals surface area contributed by atoms with Gasteiger partial charge in [0.2, 0.25) is 5.88 Å². The maximum absolute atomic E-state index is 11.6. The first-order chi connectivity index (χ1) is 12.2. The molecule has 25 heavy (non-hydrogen) atoms. The van der Waals surface area contributed by atoms with Gasteiger partial charge in [0.25, 0.3) is 5.69 Å². The van der Waals surface area contributed by atoms with Crippen molar-refractivity contribution in [1.29, 1.82) is 0 Å². The number of methoxy groups -OCH3 is 1. The number of ether oxygens (including phenoxy) is 1. The van der Waals surface area contributed by atoms with Crippen LogP contribution in [0.2, 0.25) is 0 Å². The third-order valence-electron chi connectivity index (χ3n) is 4.63. The lowest BCUT2D eigenvalue weighted by atomic mass is 9.89. The number of nitrogens with zero attached hydrogens (tertiary/aromatic N) is 2. The number of rotatable bonds is 5. The molecule has 1 aromatic heterocycles. The van der Waals surface area contributed by atoms with E-state index in [-0.39, 0.29) is 10.6 Å². The number of hydrogen-bond acceptors (Lipinski definition) is 4. The van der Waals surface area contributed by atoms with E-state index < -0.39 is 0 Å². The zero-order chi connectivity index (χ0) is 17.6. The Labute approximate surface area is 147 Å². The Kier molecular flexibility index (Phi) is 5.43. The van der Waals surface area contributed by atoms with Crippen LogP contribution in [-0.2, 0) is 0 Å². The van der Waals surface area contributed by atoms with Crippen LogP contribution in [0.4, 0.5) is 5.69 Å². The molecule has 0 bridgehead atoms. The van der Waals surface area contributed by atoms with Crippen molar-refractivity contribution in [3.8, 4) is 17.1 Å². The Bertz CT molecular complexity index is 766. The fraction of sp³-hybridized carbons (Fsp3) is 0.350. The van der Waals surface area contributed by atoms with Gasteiger partial charge in [-0.05, 0) is 18.8 Å². The van der Waals surface area contributed by atoms with E-state index in [1.807, 2.05) is 36.4 Å². The van der Waals surface area contributed by atoms with Gasteiger partial charge in [-0.1, -0.05) is 61.7 Å². The van der Waals surface area contributed by atoms with Gasteiger partial charge in [-0.2, -0.15) is 0 Å². The third kappa shape index (κ3) is 4.05. The van der Waals surface area contributed by atoms with E-state index in [0.29, 0.717) is 28.6 Å². The molecule has 130 valence electrons. The number of allylic oxidation sites excluding steroid dienone is 1. The quantitative estimate of drug-likeness (QED) is 0.551. The average molecular weight is 338 g/mol. The summed E-state index contributed by atoms with van der Waals surface area (Å²) in [6, 6.07) is 10.7. The molecule has 0 saturated heterocycles. The number of hydrogen-bond donors (Lipinski definition) is 0. The molecular weight excluding hydrogens is 316 g/mol. The molecule has 0 amide bonds. The molecule has 0 radical (unpaired) electrons. The topological polar surface area (TPSA) is 65.3 Å². The molecule has 1 heterocycles. The van der Waals surface area contributed by atoms with Gasteiger partial charge in [0.05, 0.1) is 12.0 Å². The lowest BCUT2D eigenvalue weighted by Gasteiger charge is -2.17. The number of nitro groups is 1. The molecule has 1 saturated carbocycles. The Balaban J connectivity index is 2.00. The molecule has 3 rings (SSSR count). The number of pyridine rings is 1. The van der Waals surface area contributed by atoms with E-state index in [2.05, 4.69) is 11.1 Å². The zero-order valence-corrected chi connectivity index (χ0v) is 14.4. The first-order valence-electron chi connectivity index (χ1n) is 8.66. The first-order valence-corrected chi connectivity index (χ1v) is 8.66. The smallest absolute Gasteiger partial charge is 0.296 e. The van der Waals surface area contributed by atoms with Crippen LogP contribution in [0.5, 0.6) is 5.88 Å². The summed E-state index contributed by atoms with van der Waals surface area (Å²) < 4.78 is 5.40. The maximum Gasteiger partial charge on any atom is 0.296 e. The van der Waals surface area contributed by atoms with E-state index in [1.54, 1.807) is 13.2 Å². The predicted octanol–water partition coefficient (Wildman–Crippen LogP) is 5.26. The molecule has 2 aromatic rings. The van der Waals surface area contributed by atoms with Gasteiger partial charge in [0, 0.05) is 17.2 Å². The predicted molar refractivity (Wildman–Crippen MR) is 98.5 cm³/mol. The highest BCUT2D eigenvalue weighted by atomic mass is 16.6. The van der Waals surface area contributed by atoms with E-state index in [4.69, 9.17) is 4.74 Å². The summed E-state index contributed by atoms with van der Waals surface area (Å²) in [5.41, 5.74) is 1.68. The summed E-state index contributed by atoms with van der Waals surface area (Å²) >= 11 is 0. The first kappa shape index (κ1) is 17.1. The second-order valence-electron chi connectivity index (χ2n) is 6.33. The number of aromatic nitrogens is 1. The molecule has 5 heteroatoms. The molecular formula is C20H22N2O3. The van der Waals surface area contributed by atoms with Crippen LogP contribution in [0.3, 0.4) is 0 Å². The van der Waals surface area contributed by atoms with Crippen molar-refractivity contribution in [2.75, 3.05) is 7.11 Å². The minimum atomic E-state index is -0.382.